The van der Waals surface area contributed by atoms with Crippen LogP contribution in [-0.4, -0.2) is 20.4 Å². The largest absolute Gasteiger partial charge is 0.416 e. The van der Waals surface area contributed by atoms with E-state index in [1.54, 1.807) is 13.8 Å². The Hall–Kier alpha value is -1.61. The number of amides is 1. The highest BCUT2D eigenvalue weighted by atomic mass is 32.2. The fraction of sp³-hybridized carbons (Fsp3) is 0.462. The number of hydrogen-bond acceptors (Lipinski definition) is 3. The maximum atomic E-state index is 12.6. The first-order valence-electron chi connectivity index (χ1n) is 6.42. The minimum absolute atomic E-state index is 0.0262. The Morgan fingerprint density at radius 1 is 1.32 bits per heavy atom. The molecule has 1 rings (SSSR count). The SMILES string of the molecule is CC(C)CC(NS(=O)(=O)c1cccc(C(F)(F)F)c1)C(N)=O. The van der Waals surface area contributed by atoms with Crippen molar-refractivity contribution in [3.8, 4) is 0 Å². The van der Waals surface area contributed by atoms with Crippen molar-refractivity contribution in [3.63, 3.8) is 0 Å². The third-order valence-electron chi connectivity index (χ3n) is 2.82. The van der Waals surface area contributed by atoms with E-state index in [-0.39, 0.29) is 12.3 Å². The lowest BCUT2D eigenvalue weighted by Gasteiger charge is -2.18. The Morgan fingerprint density at radius 2 is 1.91 bits per heavy atom. The number of nitrogens with one attached hydrogen (secondary N) is 1. The van der Waals surface area contributed by atoms with E-state index < -0.39 is 38.6 Å². The molecule has 1 amide bonds. The molecule has 0 aromatic heterocycles. The molecule has 5 nitrogen and oxygen atoms in total. The number of halogens is 3. The molecular weight excluding hydrogens is 321 g/mol. The molecule has 0 saturated carbocycles. The second kappa shape index (κ2) is 6.66. The highest BCUT2D eigenvalue weighted by Gasteiger charge is 2.32. The van der Waals surface area contributed by atoms with E-state index in [0.29, 0.717) is 6.07 Å². The first-order chi connectivity index (χ1) is 9.93. The summed E-state index contributed by atoms with van der Waals surface area (Å²) in [7, 11) is -4.28. The fourth-order valence-corrected chi connectivity index (χ4v) is 3.05. The van der Waals surface area contributed by atoms with Gasteiger partial charge in [0, 0.05) is 0 Å². The summed E-state index contributed by atoms with van der Waals surface area (Å²) in [4.78, 5) is 10.7. The monoisotopic (exact) mass is 338 g/mol. The van der Waals surface area contributed by atoms with Crippen molar-refractivity contribution in [2.45, 2.75) is 37.4 Å². The van der Waals surface area contributed by atoms with Crippen LogP contribution >= 0.6 is 0 Å². The Labute approximate surface area is 126 Å². The topological polar surface area (TPSA) is 89.3 Å². The molecule has 0 spiro atoms. The minimum Gasteiger partial charge on any atom is -0.368 e. The van der Waals surface area contributed by atoms with Gasteiger partial charge in [-0.25, -0.2) is 8.42 Å². The van der Waals surface area contributed by atoms with E-state index in [2.05, 4.69) is 0 Å². The zero-order valence-corrected chi connectivity index (χ0v) is 12.8. The number of carbonyl (C=O) groups excluding carboxylic acids is 1. The second-order valence-electron chi connectivity index (χ2n) is 5.23. The molecule has 3 N–H and O–H groups in total. The Bertz CT molecular complexity index is 642. The molecule has 0 radical (unpaired) electrons. The molecule has 0 saturated heterocycles. The number of rotatable bonds is 6. The van der Waals surface area contributed by atoms with E-state index >= 15 is 0 Å². The molecule has 0 heterocycles. The molecule has 1 unspecified atom stereocenters. The maximum Gasteiger partial charge on any atom is 0.416 e. The van der Waals surface area contributed by atoms with Gasteiger partial charge in [0.1, 0.15) is 6.04 Å². The van der Waals surface area contributed by atoms with Crippen LogP contribution < -0.4 is 10.5 Å². The lowest BCUT2D eigenvalue weighted by atomic mass is 10.0. The Kier molecular flexibility index (Phi) is 5.58. The van der Waals surface area contributed by atoms with Crippen LogP contribution in [0.25, 0.3) is 0 Å². The van der Waals surface area contributed by atoms with Crippen LogP contribution in [0.3, 0.4) is 0 Å². The second-order valence-corrected chi connectivity index (χ2v) is 6.95. The lowest BCUT2D eigenvalue weighted by Crippen LogP contribution is -2.45. The molecule has 0 bridgehead atoms. The normalized spacial score (nSPS) is 14.1. The van der Waals surface area contributed by atoms with Crippen molar-refractivity contribution in [1.29, 1.82) is 0 Å². The van der Waals surface area contributed by atoms with Gasteiger partial charge in [0.15, 0.2) is 0 Å². The van der Waals surface area contributed by atoms with Gasteiger partial charge in [0.25, 0.3) is 0 Å². The quantitative estimate of drug-likeness (QED) is 0.830. The van der Waals surface area contributed by atoms with E-state index in [1.807, 2.05) is 4.72 Å². The summed E-state index contributed by atoms with van der Waals surface area (Å²) in [6, 6.07) is 2.10. The summed E-state index contributed by atoms with van der Waals surface area (Å²) in [5, 5.41) is 0. The molecule has 22 heavy (non-hydrogen) atoms. The van der Waals surface area contributed by atoms with E-state index in [4.69, 9.17) is 5.73 Å². The van der Waals surface area contributed by atoms with Gasteiger partial charge in [-0.3, -0.25) is 4.79 Å². The van der Waals surface area contributed by atoms with Crippen LogP contribution in [0.15, 0.2) is 29.2 Å². The van der Waals surface area contributed by atoms with Crippen molar-refractivity contribution >= 4 is 15.9 Å². The van der Waals surface area contributed by atoms with E-state index in [9.17, 15) is 26.4 Å². The number of benzene rings is 1. The molecule has 1 aromatic carbocycles. The number of hydrogen-bond donors (Lipinski definition) is 2. The number of sulfonamides is 1. The first-order valence-corrected chi connectivity index (χ1v) is 7.90. The molecule has 1 aromatic rings. The standard InChI is InChI=1S/C13H17F3N2O3S/c1-8(2)6-11(12(17)19)18-22(20,21)10-5-3-4-9(7-10)13(14,15)16/h3-5,7-8,11,18H,6H2,1-2H3,(H2,17,19). The molecule has 0 aliphatic carbocycles. The molecule has 124 valence electrons. The summed E-state index contributed by atoms with van der Waals surface area (Å²) < 4.78 is 64.2. The van der Waals surface area contributed by atoms with Crippen LogP contribution in [0.4, 0.5) is 13.2 Å². The summed E-state index contributed by atoms with van der Waals surface area (Å²) in [5.74, 6) is -0.911. The van der Waals surface area contributed by atoms with Crippen LogP contribution in [0.1, 0.15) is 25.8 Å². The number of carbonyl (C=O) groups is 1. The molecule has 0 aliphatic rings. The van der Waals surface area contributed by atoms with Gasteiger partial charge in [0.05, 0.1) is 10.5 Å². The van der Waals surface area contributed by atoms with Crippen LogP contribution in [0.2, 0.25) is 0 Å². The third kappa shape index (κ3) is 4.99. The van der Waals surface area contributed by atoms with Crippen molar-refractivity contribution in [1.82, 2.24) is 4.72 Å². The summed E-state index contributed by atoms with van der Waals surface area (Å²) in [6.07, 6.45) is -4.51. The maximum absolute atomic E-state index is 12.6. The number of primary amides is 1. The molecule has 0 aliphatic heterocycles. The van der Waals surface area contributed by atoms with Crippen molar-refractivity contribution in [2.24, 2.45) is 11.7 Å². The molecule has 1 atom stereocenters. The third-order valence-corrected chi connectivity index (χ3v) is 4.29. The van der Waals surface area contributed by atoms with Gasteiger partial charge < -0.3 is 5.73 Å². The highest BCUT2D eigenvalue weighted by molar-refractivity contribution is 7.89. The van der Waals surface area contributed by atoms with Crippen LogP contribution in [0.5, 0.6) is 0 Å². The van der Waals surface area contributed by atoms with Gasteiger partial charge in [0.2, 0.25) is 15.9 Å². The van der Waals surface area contributed by atoms with Crippen molar-refractivity contribution in [2.75, 3.05) is 0 Å². The number of alkyl halides is 3. The average Bonchev–Trinajstić information content (AvgIpc) is 2.36. The Morgan fingerprint density at radius 3 is 2.36 bits per heavy atom. The van der Waals surface area contributed by atoms with Crippen molar-refractivity contribution < 1.29 is 26.4 Å². The van der Waals surface area contributed by atoms with E-state index in [0.717, 1.165) is 18.2 Å². The predicted octanol–water partition coefficient (Wildman–Crippen LogP) is 1.88. The first kappa shape index (κ1) is 18.4. The molecule has 0 fully saturated rings. The summed E-state index contributed by atoms with van der Waals surface area (Å²) >= 11 is 0. The summed E-state index contributed by atoms with van der Waals surface area (Å²) in [5.41, 5.74) is 4.04. The predicted molar refractivity (Wildman–Crippen MR) is 74.2 cm³/mol. The Balaban J connectivity index is 3.11. The van der Waals surface area contributed by atoms with Gasteiger partial charge in [-0.2, -0.15) is 17.9 Å². The highest BCUT2D eigenvalue weighted by Crippen LogP contribution is 2.30. The lowest BCUT2D eigenvalue weighted by molar-refractivity contribution is -0.137. The zero-order chi connectivity index (χ0) is 17.1. The van der Waals surface area contributed by atoms with E-state index in [1.165, 1.54) is 0 Å². The number of nitrogens with two attached hydrogens (primary N) is 1. The van der Waals surface area contributed by atoms with Crippen LogP contribution in [0, 0.1) is 5.92 Å². The van der Waals surface area contributed by atoms with Crippen LogP contribution in [-0.2, 0) is 21.0 Å². The minimum atomic E-state index is -4.66. The fourth-order valence-electron chi connectivity index (χ4n) is 1.79. The summed E-state index contributed by atoms with van der Waals surface area (Å²) in [6.45, 7) is 3.52. The van der Waals surface area contributed by atoms with Crippen molar-refractivity contribution in [3.05, 3.63) is 29.8 Å². The molecule has 9 heteroatoms. The molecular formula is C13H17F3N2O3S. The van der Waals surface area contributed by atoms with Gasteiger partial charge >= 0.3 is 6.18 Å². The van der Waals surface area contributed by atoms with Gasteiger partial charge in [-0.05, 0) is 30.5 Å². The van der Waals surface area contributed by atoms with Gasteiger partial charge in [-0.15, -0.1) is 0 Å². The smallest absolute Gasteiger partial charge is 0.368 e. The zero-order valence-electron chi connectivity index (χ0n) is 12.0. The average molecular weight is 338 g/mol. The van der Waals surface area contributed by atoms with Gasteiger partial charge in [-0.1, -0.05) is 19.9 Å².